The minimum Gasteiger partial charge on any atom is -0.493 e. The van der Waals surface area contributed by atoms with E-state index < -0.39 is 6.04 Å². The van der Waals surface area contributed by atoms with Gasteiger partial charge in [-0.15, -0.1) is 0 Å². The fourth-order valence-electron chi connectivity index (χ4n) is 2.67. The molecule has 0 saturated heterocycles. The minimum absolute atomic E-state index is 0.305. The lowest BCUT2D eigenvalue weighted by Gasteiger charge is -2.15. The molecular formula is C20H21N3O5. The van der Waals surface area contributed by atoms with E-state index in [2.05, 4.69) is 15.5 Å². The molecule has 0 spiro atoms. The lowest BCUT2D eigenvalue weighted by atomic mass is 10.1. The number of hydrogen-bond acceptors (Lipinski definition) is 7. The van der Waals surface area contributed by atoms with Crippen LogP contribution in [0.5, 0.6) is 17.2 Å². The maximum Gasteiger partial charge on any atom is 0.252 e. The van der Waals surface area contributed by atoms with Crippen LogP contribution in [0.2, 0.25) is 0 Å². The van der Waals surface area contributed by atoms with Crippen molar-refractivity contribution < 1.29 is 23.5 Å². The van der Waals surface area contributed by atoms with Gasteiger partial charge in [-0.25, -0.2) is 0 Å². The molecule has 2 aromatic carbocycles. The Bertz CT molecular complexity index is 930. The molecule has 8 nitrogen and oxygen atoms in total. The highest BCUT2D eigenvalue weighted by Crippen LogP contribution is 2.38. The summed E-state index contributed by atoms with van der Waals surface area (Å²) in [6.45, 7) is 1.76. The first-order chi connectivity index (χ1) is 13.6. The Morgan fingerprint density at radius 1 is 1.04 bits per heavy atom. The van der Waals surface area contributed by atoms with Gasteiger partial charge < -0.3 is 24.1 Å². The van der Waals surface area contributed by atoms with Crippen LogP contribution in [0.3, 0.4) is 0 Å². The number of amides is 1. The molecule has 0 radical (unpaired) electrons. The molecule has 0 unspecified atom stereocenters. The van der Waals surface area contributed by atoms with Crippen molar-refractivity contribution in [3.8, 4) is 28.6 Å². The van der Waals surface area contributed by atoms with Gasteiger partial charge in [0, 0.05) is 11.1 Å². The second-order valence-corrected chi connectivity index (χ2v) is 5.93. The molecular weight excluding hydrogens is 362 g/mol. The maximum atomic E-state index is 12.7. The first-order valence-electron chi connectivity index (χ1n) is 8.57. The fourth-order valence-corrected chi connectivity index (χ4v) is 2.67. The first kappa shape index (κ1) is 19.2. The molecule has 3 aromatic rings. The number of nitrogens with one attached hydrogen (secondary N) is 1. The van der Waals surface area contributed by atoms with Crippen LogP contribution in [0.15, 0.2) is 47.0 Å². The van der Waals surface area contributed by atoms with E-state index >= 15 is 0 Å². The molecule has 28 heavy (non-hydrogen) atoms. The average Bonchev–Trinajstić information content (AvgIpc) is 3.23. The maximum absolute atomic E-state index is 12.7. The van der Waals surface area contributed by atoms with Gasteiger partial charge in [0.15, 0.2) is 11.5 Å². The van der Waals surface area contributed by atoms with Crippen molar-refractivity contribution in [3.05, 3.63) is 53.9 Å². The quantitative estimate of drug-likeness (QED) is 0.669. The molecule has 0 saturated carbocycles. The Balaban J connectivity index is 1.79. The molecule has 3 rings (SSSR count). The summed E-state index contributed by atoms with van der Waals surface area (Å²) >= 11 is 0. The van der Waals surface area contributed by atoms with Crippen LogP contribution in [0.4, 0.5) is 0 Å². The largest absolute Gasteiger partial charge is 0.493 e. The number of rotatable bonds is 7. The summed E-state index contributed by atoms with van der Waals surface area (Å²) in [6, 6.07) is 12.1. The van der Waals surface area contributed by atoms with E-state index in [1.165, 1.54) is 21.3 Å². The standard InChI is InChI=1S/C20H21N3O5/c1-12(20-22-18(23-28-20)13-8-6-5-7-9-13)21-19(24)14-10-15(25-2)17(27-4)16(11-14)26-3/h5-12H,1-4H3,(H,21,24)/t12-/m0/s1. The summed E-state index contributed by atoms with van der Waals surface area (Å²) in [5.74, 6) is 1.63. The highest BCUT2D eigenvalue weighted by Gasteiger charge is 2.21. The van der Waals surface area contributed by atoms with E-state index in [1.54, 1.807) is 19.1 Å². The molecule has 0 aliphatic heterocycles. The van der Waals surface area contributed by atoms with Gasteiger partial charge in [-0.3, -0.25) is 4.79 Å². The number of hydrogen-bond donors (Lipinski definition) is 1. The Kier molecular flexibility index (Phi) is 5.78. The molecule has 1 aromatic heterocycles. The van der Waals surface area contributed by atoms with Gasteiger partial charge in [-0.1, -0.05) is 35.5 Å². The van der Waals surface area contributed by atoms with Crippen LogP contribution in [0, 0.1) is 0 Å². The topological polar surface area (TPSA) is 95.7 Å². The summed E-state index contributed by atoms with van der Waals surface area (Å²) in [5.41, 5.74) is 1.19. The lowest BCUT2D eigenvalue weighted by molar-refractivity contribution is 0.0931. The fraction of sp³-hybridized carbons (Fsp3) is 0.250. The second-order valence-electron chi connectivity index (χ2n) is 5.93. The van der Waals surface area contributed by atoms with Crippen LogP contribution in [-0.2, 0) is 0 Å². The van der Waals surface area contributed by atoms with Gasteiger partial charge in [-0.05, 0) is 19.1 Å². The molecule has 0 aliphatic carbocycles. The number of ether oxygens (including phenoxy) is 3. The van der Waals surface area contributed by atoms with Gasteiger partial charge in [0.1, 0.15) is 6.04 Å². The highest BCUT2D eigenvalue weighted by atomic mass is 16.5. The Morgan fingerprint density at radius 3 is 2.25 bits per heavy atom. The predicted molar refractivity (Wildman–Crippen MR) is 102 cm³/mol. The smallest absolute Gasteiger partial charge is 0.252 e. The number of aromatic nitrogens is 2. The Labute approximate surface area is 162 Å². The van der Waals surface area contributed by atoms with Crippen molar-refractivity contribution >= 4 is 5.91 Å². The number of nitrogens with zero attached hydrogens (tertiary/aromatic N) is 2. The number of carbonyl (C=O) groups is 1. The molecule has 146 valence electrons. The normalized spacial score (nSPS) is 11.6. The zero-order chi connectivity index (χ0) is 20.1. The van der Waals surface area contributed by atoms with Crippen LogP contribution >= 0.6 is 0 Å². The summed E-state index contributed by atoms with van der Waals surface area (Å²) in [4.78, 5) is 17.0. The van der Waals surface area contributed by atoms with Crippen molar-refractivity contribution in [3.63, 3.8) is 0 Å². The number of methoxy groups -OCH3 is 3. The van der Waals surface area contributed by atoms with Crippen LogP contribution in [0.1, 0.15) is 29.2 Å². The number of carbonyl (C=O) groups excluding carboxylic acids is 1. The average molecular weight is 383 g/mol. The van der Waals surface area contributed by atoms with E-state index in [-0.39, 0.29) is 5.91 Å². The van der Waals surface area contributed by atoms with Crippen molar-refractivity contribution in [2.75, 3.05) is 21.3 Å². The van der Waals surface area contributed by atoms with Crippen molar-refractivity contribution in [2.45, 2.75) is 13.0 Å². The molecule has 0 aliphatic rings. The van der Waals surface area contributed by atoms with Crippen LogP contribution in [-0.4, -0.2) is 37.4 Å². The van der Waals surface area contributed by atoms with Crippen molar-refractivity contribution in [1.82, 2.24) is 15.5 Å². The van der Waals surface area contributed by atoms with E-state index in [4.69, 9.17) is 18.7 Å². The van der Waals surface area contributed by atoms with Crippen molar-refractivity contribution in [2.24, 2.45) is 0 Å². The highest BCUT2D eigenvalue weighted by molar-refractivity contribution is 5.95. The van der Waals surface area contributed by atoms with Crippen molar-refractivity contribution in [1.29, 1.82) is 0 Å². The Hall–Kier alpha value is -3.55. The third kappa shape index (κ3) is 3.90. The third-order valence-corrected chi connectivity index (χ3v) is 4.12. The van der Waals surface area contributed by atoms with Gasteiger partial charge >= 0.3 is 0 Å². The SMILES string of the molecule is COc1cc(C(=O)N[C@@H](C)c2nc(-c3ccccc3)no2)cc(OC)c1OC. The summed E-state index contributed by atoms with van der Waals surface area (Å²) < 4.78 is 21.1. The zero-order valence-electron chi connectivity index (χ0n) is 16.1. The van der Waals surface area contributed by atoms with E-state index in [1.807, 2.05) is 30.3 Å². The minimum atomic E-state index is -0.489. The molecule has 1 heterocycles. The molecule has 1 amide bonds. The first-order valence-corrected chi connectivity index (χ1v) is 8.57. The van der Waals surface area contributed by atoms with Crippen LogP contribution in [0.25, 0.3) is 11.4 Å². The lowest BCUT2D eigenvalue weighted by Crippen LogP contribution is -2.27. The van der Waals surface area contributed by atoms with E-state index in [0.717, 1.165) is 5.56 Å². The molecule has 0 fully saturated rings. The number of benzene rings is 2. The summed E-state index contributed by atoms with van der Waals surface area (Å²) in [7, 11) is 4.48. The van der Waals surface area contributed by atoms with E-state index in [9.17, 15) is 4.79 Å². The van der Waals surface area contributed by atoms with Gasteiger partial charge in [-0.2, -0.15) is 4.98 Å². The zero-order valence-corrected chi connectivity index (χ0v) is 16.1. The van der Waals surface area contributed by atoms with E-state index in [0.29, 0.717) is 34.5 Å². The van der Waals surface area contributed by atoms with Gasteiger partial charge in [0.05, 0.1) is 21.3 Å². The van der Waals surface area contributed by atoms with Gasteiger partial charge in [0.25, 0.3) is 5.91 Å². The Morgan fingerprint density at radius 2 is 1.68 bits per heavy atom. The third-order valence-electron chi connectivity index (χ3n) is 4.12. The molecule has 8 heteroatoms. The molecule has 1 N–H and O–H groups in total. The van der Waals surface area contributed by atoms with Gasteiger partial charge in [0.2, 0.25) is 17.5 Å². The van der Waals surface area contributed by atoms with Crippen LogP contribution < -0.4 is 19.5 Å². The molecule has 0 bridgehead atoms. The monoisotopic (exact) mass is 383 g/mol. The summed E-state index contributed by atoms with van der Waals surface area (Å²) in [6.07, 6.45) is 0. The molecule has 1 atom stereocenters. The predicted octanol–water partition coefficient (Wildman–Crippen LogP) is 3.25. The second kappa shape index (κ2) is 8.43. The summed E-state index contributed by atoms with van der Waals surface area (Å²) in [5, 5.41) is 6.80.